The van der Waals surface area contributed by atoms with Crippen LogP contribution in [0.3, 0.4) is 0 Å². The highest BCUT2D eigenvalue weighted by Gasteiger charge is 2.06. The van der Waals surface area contributed by atoms with E-state index in [1.807, 2.05) is 24.3 Å². The third kappa shape index (κ3) is 3.69. The normalized spacial score (nSPS) is 10.4. The summed E-state index contributed by atoms with van der Waals surface area (Å²) in [6.45, 7) is 1.47. The summed E-state index contributed by atoms with van der Waals surface area (Å²) < 4.78 is 5.08. The highest BCUT2D eigenvalue weighted by Crippen LogP contribution is 2.28. The molecule has 2 rings (SSSR count). The summed E-state index contributed by atoms with van der Waals surface area (Å²) in [5.74, 6) is 0.717. The molecule has 0 spiro atoms. The fraction of sp³-hybridized carbons (Fsp3) is 0.267. The van der Waals surface area contributed by atoms with Crippen LogP contribution in [0.1, 0.15) is 11.1 Å². The molecule has 0 unspecified atom stereocenters. The molecule has 1 aromatic carbocycles. The Morgan fingerprint density at radius 1 is 1.21 bits per heavy atom. The minimum atomic E-state index is 0.210. The number of phenolic OH excluding ortho intramolecular Hbond substituents is 1. The number of ether oxygens (including phenoxy) is 1. The zero-order valence-electron chi connectivity index (χ0n) is 11.0. The average molecular weight is 258 g/mol. The van der Waals surface area contributed by atoms with Gasteiger partial charge in [0.25, 0.3) is 0 Å². The van der Waals surface area contributed by atoms with Crippen molar-refractivity contribution >= 4 is 0 Å². The molecule has 0 aliphatic rings. The topological polar surface area (TPSA) is 54.4 Å². The SMILES string of the molecule is COc1cccc(CNCCc2ccncc2)c1O. The zero-order chi connectivity index (χ0) is 13.5. The second kappa shape index (κ2) is 6.75. The number of rotatable bonds is 6. The van der Waals surface area contributed by atoms with Gasteiger partial charge < -0.3 is 15.2 Å². The summed E-state index contributed by atoms with van der Waals surface area (Å²) in [7, 11) is 1.55. The van der Waals surface area contributed by atoms with E-state index in [9.17, 15) is 5.11 Å². The molecule has 2 N–H and O–H groups in total. The summed E-state index contributed by atoms with van der Waals surface area (Å²) in [4.78, 5) is 3.98. The van der Waals surface area contributed by atoms with Gasteiger partial charge in [-0.15, -0.1) is 0 Å². The lowest BCUT2D eigenvalue weighted by Gasteiger charge is -2.09. The number of nitrogens with one attached hydrogen (secondary N) is 1. The van der Waals surface area contributed by atoms with Crippen LogP contribution in [0.15, 0.2) is 42.7 Å². The second-order valence-corrected chi connectivity index (χ2v) is 4.25. The predicted octanol–water partition coefficient (Wildman–Crippen LogP) is 2.13. The molecule has 19 heavy (non-hydrogen) atoms. The van der Waals surface area contributed by atoms with Gasteiger partial charge in [-0.2, -0.15) is 0 Å². The number of para-hydroxylation sites is 1. The minimum absolute atomic E-state index is 0.210. The maximum Gasteiger partial charge on any atom is 0.162 e. The molecule has 1 aromatic heterocycles. The molecular formula is C15H18N2O2. The van der Waals surface area contributed by atoms with Crippen LogP contribution in [0, 0.1) is 0 Å². The smallest absolute Gasteiger partial charge is 0.162 e. The van der Waals surface area contributed by atoms with E-state index in [-0.39, 0.29) is 5.75 Å². The second-order valence-electron chi connectivity index (χ2n) is 4.25. The fourth-order valence-electron chi connectivity index (χ4n) is 1.88. The highest BCUT2D eigenvalue weighted by atomic mass is 16.5. The van der Waals surface area contributed by atoms with Crippen molar-refractivity contribution in [3.63, 3.8) is 0 Å². The molecule has 0 saturated heterocycles. The molecule has 0 aliphatic carbocycles. The molecule has 0 bridgehead atoms. The number of benzene rings is 1. The minimum Gasteiger partial charge on any atom is -0.504 e. The van der Waals surface area contributed by atoms with Gasteiger partial charge in [-0.1, -0.05) is 12.1 Å². The maximum absolute atomic E-state index is 9.93. The maximum atomic E-state index is 9.93. The zero-order valence-corrected chi connectivity index (χ0v) is 11.0. The lowest BCUT2D eigenvalue weighted by atomic mass is 10.1. The van der Waals surface area contributed by atoms with E-state index in [0.717, 1.165) is 18.5 Å². The van der Waals surface area contributed by atoms with Gasteiger partial charge in [-0.3, -0.25) is 4.98 Å². The van der Waals surface area contributed by atoms with Crippen molar-refractivity contribution in [2.45, 2.75) is 13.0 Å². The van der Waals surface area contributed by atoms with Gasteiger partial charge in [0, 0.05) is 24.5 Å². The van der Waals surface area contributed by atoms with Gasteiger partial charge in [0.15, 0.2) is 11.5 Å². The molecule has 0 fully saturated rings. The van der Waals surface area contributed by atoms with E-state index in [1.54, 1.807) is 25.6 Å². The highest BCUT2D eigenvalue weighted by molar-refractivity contribution is 5.45. The van der Waals surface area contributed by atoms with E-state index in [1.165, 1.54) is 5.56 Å². The van der Waals surface area contributed by atoms with Crippen molar-refractivity contribution in [3.05, 3.63) is 53.9 Å². The standard InChI is InChI=1S/C15H18N2O2/c1-19-14-4-2-3-13(15(14)18)11-17-10-7-12-5-8-16-9-6-12/h2-6,8-9,17-18H,7,10-11H2,1H3. The Balaban J connectivity index is 1.83. The Bertz CT molecular complexity index is 515. The number of hydrogen-bond donors (Lipinski definition) is 2. The Morgan fingerprint density at radius 3 is 2.74 bits per heavy atom. The number of nitrogens with zero attached hydrogens (tertiary/aromatic N) is 1. The number of aromatic nitrogens is 1. The fourth-order valence-corrected chi connectivity index (χ4v) is 1.88. The molecule has 4 nitrogen and oxygen atoms in total. The van der Waals surface area contributed by atoms with E-state index in [2.05, 4.69) is 10.3 Å². The lowest BCUT2D eigenvalue weighted by Crippen LogP contribution is -2.16. The molecule has 0 aliphatic heterocycles. The van der Waals surface area contributed by atoms with Gasteiger partial charge >= 0.3 is 0 Å². The van der Waals surface area contributed by atoms with E-state index in [4.69, 9.17) is 4.74 Å². The van der Waals surface area contributed by atoms with Gasteiger partial charge in [-0.25, -0.2) is 0 Å². The van der Waals surface area contributed by atoms with E-state index >= 15 is 0 Å². The van der Waals surface area contributed by atoms with E-state index in [0.29, 0.717) is 12.3 Å². The van der Waals surface area contributed by atoms with Crippen molar-refractivity contribution in [1.82, 2.24) is 10.3 Å². The van der Waals surface area contributed by atoms with Crippen LogP contribution in [0.2, 0.25) is 0 Å². The number of methoxy groups -OCH3 is 1. The third-order valence-corrected chi connectivity index (χ3v) is 2.96. The first kappa shape index (κ1) is 13.4. The van der Waals surface area contributed by atoms with Crippen molar-refractivity contribution in [2.75, 3.05) is 13.7 Å². The average Bonchev–Trinajstić information content (AvgIpc) is 2.46. The Hall–Kier alpha value is -2.07. The molecule has 1 heterocycles. The van der Waals surface area contributed by atoms with Crippen LogP contribution in [0.25, 0.3) is 0 Å². The van der Waals surface area contributed by atoms with Crippen LogP contribution < -0.4 is 10.1 Å². The van der Waals surface area contributed by atoms with Gasteiger partial charge in [0.2, 0.25) is 0 Å². The van der Waals surface area contributed by atoms with Crippen molar-refractivity contribution in [3.8, 4) is 11.5 Å². The molecule has 100 valence electrons. The Labute approximate surface area is 113 Å². The van der Waals surface area contributed by atoms with Gasteiger partial charge in [0.05, 0.1) is 7.11 Å². The monoisotopic (exact) mass is 258 g/mol. The predicted molar refractivity (Wildman–Crippen MR) is 74.3 cm³/mol. The van der Waals surface area contributed by atoms with Crippen molar-refractivity contribution < 1.29 is 9.84 Å². The Morgan fingerprint density at radius 2 is 2.00 bits per heavy atom. The van der Waals surface area contributed by atoms with Crippen LogP contribution in [-0.4, -0.2) is 23.7 Å². The molecule has 2 aromatic rings. The molecular weight excluding hydrogens is 240 g/mol. The summed E-state index contributed by atoms with van der Waals surface area (Å²) in [6, 6.07) is 9.51. The number of phenols is 1. The summed E-state index contributed by atoms with van der Waals surface area (Å²) in [5, 5.41) is 13.2. The number of pyridine rings is 1. The van der Waals surface area contributed by atoms with Gasteiger partial charge in [0.1, 0.15) is 0 Å². The van der Waals surface area contributed by atoms with Crippen molar-refractivity contribution in [2.24, 2.45) is 0 Å². The van der Waals surface area contributed by atoms with Crippen LogP contribution in [0.5, 0.6) is 11.5 Å². The Kier molecular flexibility index (Phi) is 4.75. The molecule has 4 heteroatoms. The first-order valence-electron chi connectivity index (χ1n) is 6.25. The number of aromatic hydroxyl groups is 1. The summed E-state index contributed by atoms with van der Waals surface area (Å²) in [6.07, 6.45) is 4.53. The van der Waals surface area contributed by atoms with Crippen LogP contribution >= 0.6 is 0 Å². The molecule has 0 atom stereocenters. The molecule has 0 radical (unpaired) electrons. The van der Waals surface area contributed by atoms with Crippen LogP contribution in [-0.2, 0) is 13.0 Å². The van der Waals surface area contributed by atoms with Gasteiger partial charge in [-0.05, 0) is 36.7 Å². The molecule has 0 amide bonds. The first-order chi connectivity index (χ1) is 9.31. The first-order valence-corrected chi connectivity index (χ1v) is 6.25. The molecule has 0 saturated carbocycles. The summed E-state index contributed by atoms with van der Waals surface area (Å²) >= 11 is 0. The lowest BCUT2D eigenvalue weighted by molar-refractivity contribution is 0.369. The quantitative estimate of drug-likeness (QED) is 0.779. The van der Waals surface area contributed by atoms with E-state index < -0.39 is 0 Å². The third-order valence-electron chi connectivity index (χ3n) is 2.96. The van der Waals surface area contributed by atoms with Crippen molar-refractivity contribution in [1.29, 1.82) is 0 Å². The largest absolute Gasteiger partial charge is 0.504 e. The summed E-state index contributed by atoms with van der Waals surface area (Å²) in [5.41, 5.74) is 2.09. The number of hydrogen-bond acceptors (Lipinski definition) is 4. The van der Waals surface area contributed by atoms with Crippen LogP contribution in [0.4, 0.5) is 0 Å².